The third-order valence-corrected chi connectivity index (χ3v) is 6.44. The number of amides is 1. The molecule has 168 valence electrons. The molecule has 0 atom stereocenters. The summed E-state index contributed by atoms with van der Waals surface area (Å²) >= 11 is 7.79. The first-order valence-electron chi connectivity index (χ1n) is 10.8. The van der Waals surface area contributed by atoms with E-state index in [0.29, 0.717) is 39.1 Å². The molecule has 0 fully saturated rings. The summed E-state index contributed by atoms with van der Waals surface area (Å²) in [5.74, 6) is 0.456. The van der Waals surface area contributed by atoms with Crippen molar-refractivity contribution in [1.29, 1.82) is 5.26 Å². The summed E-state index contributed by atoms with van der Waals surface area (Å²) in [5, 5.41) is 12.8. The first-order valence-corrected chi connectivity index (χ1v) is 12.0. The van der Waals surface area contributed by atoms with E-state index in [-0.39, 0.29) is 5.91 Å². The van der Waals surface area contributed by atoms with Crippen molar-refractivity contribution >= 4 is 35.0 Å². The predicted molar refractivity (Wildman–Crippen MR) is 135 cm³/mol. The summed E-state index contributed by atoms with van der Waals surface area (Å²) in [6.07, 6.45) is 7.56. The van der Waals surface area contributed by atoms with Gasteiger partial charge in [0.25, 0.3) is 5.91 Å². The second-order valence-corrected chi connectivity index (χ2v) is 8.69. The van der Waals surface area contributed by atoms with E-state index in [1.54, 1.807) is 48.5 Å². The van der Waals surface area contributed by atoms with Crippen LogP contribution >= 0.6 is 23.4 Å². The number of anilines is 1. The molecule has 0 aliphatic heterocycles. The molecule has 0 radical (unpaired) electrons. The largest absolute Gasteiger partial charge is 0.490 e. The lowest BCUT2D eigenvalue weighted by molar-refractivity contribution is 0.102. The summed E-state index contributed by atoms with van der Waals surface area (Å²) in [6, 6.07) is 21.8. The number of rotatable bonds is 10. The summed E-state index contributed by atoms with van der Waals surface area (Å²) in [5.41, 5.74) is 1.65. The number of carbonyl (C=O) groups excluding carboxylic acids is 1. The Morgan fingerprint density at radius 1 is 1.09 bits per heavy atom. The van der Waals surface area contributed by atoms with Crippen LogP contribution in [0.1, 0.15) is 42.1 Å². The molecule has 0 saturated carbocycles. The zero-order valence-corrected chi connectivity index (χ0v) is 20.0. The number of unbranched alkanes of at least 4 members (excludes halogenated alkanes) is 2. The van der Waals surface area contributed by atoms with Crippen molar-refractivity contribution < 1.29 is 9.53 Å². The maximum Gasteiger partial charge on any atom is 0.255 e. The number of carbonyl (C=O) groups is 1. The van der Waals surface area contributed by atoms with E-state index in [9.17, 15) is 10.1 Å². The topological polar surface area (TPSA) is 62.1 Å². The average Bonchev–Trinajstić information content (AvgIpc) is 2.84. The standard InChI is InChI=1S/C27H25ClN2O2S/c1-2-3-4-5-8-18-32-22-16-14-20(15-17-22)27(31)30-24-12-9-11-23(28)26(24)33-25-13-7-6-10-21(25)19-29/h5-17H,2-4,18H2,1H3,(H,30,31). The van der Waals surface area contributed by atoms with Gasteiger partial charge in [0.05, 0.1) is 21.2 Å². The number of ether oxygens (including phenoxy) is 1. The molecule has 0 bridgehead atoms. The molecule has 3 aromatic rings. The molecule has 3 aromatic carbocycles. The van der Waals surface area contributed by atoms with E-state index in [4.69, 9.17) is 16.3 Å². The van der Waals surface area contributed by atoms with E-state index in [0.717, 1.165) is 11.3 Å². The SMILES string of the molecule is CCCCC=CCOc1ccc(C(=O)Nc2cccc(Cl)c2Sc2ccccc2C#N)cc1. The predicted octanol–water partition coefficient (Wildman–Crippen LogP) is 7.74. The molecule has 1 N–H and O–H groups in total. The number of nitriles is 1. The lowest BCUT2D eigenvalue weighted by Crippen LogP contribution is -2.12. The van der Waals surface area contributed by atoms with Gasteiger partial charge in [-0.1, -0.05) is 73.5 Å². The van der Waals surface area contributed by atoms with Crippen molar-refractivity contribution in [2.45, 2.75) is 36.0 Å². The third-order valence-electron chi connectivity index (χ3n) is 4.79. The van der Waals surface area contributed by atoms with E-state index in [1.807, 2.05) is 24.3 Å². The zero-order chi connectivity index (χ0) is 23.5. The van der Waals surface area contributed by atoms with Crippen LogP contribution in [0.2, 0.25) is 5.02 Å². The number of hydrogen-bond acceptors (Lipinski definition) is 4. The zero-order valence-electron chi connectivity index (χ0n) is 18.4. The van der Waals surface area contributed by atoms with E-state index in [2.05, 4.69) is 24.4 Å². The van der Waals surface area contributed by atoms with Crippen molar-refractivity contribution in [2.24, 2.45) is 0 Å². The highest BCUT2D eigenvalue weighted by molar-refractivity contribution is 7.99. The molecular weight excluding hydrogens is 452 g/mol. The van der Waals surface area contributed by atoms with Gasteiger partial charge in [-0.05, 0) is 55.0 Å². The molecule has 0 aliphatic carbocycles. The number of nitrogens with one attached hydrogen (secondary N) is 1. The molecular formula is C27H25ClN2O2S. The average molecular weight is 477 g/mol. The second-order valence-electron chi connectivity index (χ2n) is 7.23. The third kappa shape index (κ3) is 7.15. The molecule has 0 saturated heterocycles. The van der Waals surface area contributed by atoms with Gasteiger partial charge in [0, 0.05) is 10.5 Å². The van der Waals surface area contributed by atoms with Gasteiger partial charge < -0.3 is 10.1 Å². The molecule has 0 unspecified atom stereocenters. The molecule has 4 nitrogen and oxygen atoms in total. The Balaban J connectivity index is 1.67. The molecule has 3 rings (SSSR count). The molecule has 6 heteroatoms. The van der Waals surface area contributed by atoms with Gasteiger partial charge in [-0.15, -0.1) is 0 Å². The summed E-state index contributed by atoms with van der Waals surface area (Å²) in [4.78, 5) is 14.3. The van der Waals surface area contributed by atoms with Crippen molar-refractivity contribution in [3.8, 4) is 11.8 Å². The monoisotopic (exact) mass is 476 g/mol. The van der Waals surface area contributed by atoms with Gasteiger partial charge in [-0.3, -0.25) is 4.79 Å². The van der Waals surface area contributed by atoms with Gasteiger partial charge in [0.1, 0.15) is 18.4 Å². The molecule has 33 heavy (non-hydrogen) atoms. The maximum absolute atomic E-state index is 12.9. The van der Waals surface area contributed by atoms with Crippen LogP contribution in [-0.2, 0) is 0 Å². The second kappa shape index (κ2) is 12.7. The van der Waals surface area contributed by atoms with Gasteiger partial charge in [-0.25, -0.2) is 0 Å². The van der Waals surface area contributed by atoms with Crippen LogP contribution in [0.15, 0.2) is 88.7 Å². The fraction of sp³-hybridized carbons (Fsp3) is 0.185. The number of benzene rings is 3. The summed E-state index contributed by atoms with van der Waals surface area (Å²) in [7, 11) is 0. The van der Waals surface area contributed by atoms with Crippen LogP contribution in [0, 0.1) is 11.3 Å². The van der Waals surface area contributed by atoms with Crippen molar-refractivity contribution in [1.82, 2.24) is 0 Å². The van der Waals surface area contributed by atoms with Crippen LogP contribution in [0.5, 0.6) is 5.75 Å². The lowest BCUT2D eigenvalue weighted by atomic mass is 10.2. The minimum atomic E-state index is -0.251. The summed E-state index contributed by atoms with van der Waals surface area (Å²) < 4.78 is 5.70. The quantitative estimate of drug-likeness (QED) is 0.240. The fourth-order valence-electron chi connectivity index (χ4n) is 3.02. The van der Waals surface area contributed by atoms with Gasteiger partial charge >= 0.3 is 0 Å². The highest BCUT2D eigenvalue weighted by atomic mass is 35.5. The van der Waals surface area contributed by atoms with Crippen LogP contribution in [0.25, 0.3) is 0 Å². The number of nitrogens with zero attached hydrogens (tertiary/aromatic N) is 1. The molecule has 0 aromatic heterocycles. The lowest BCUT2D eigenvalue weighted by Gasteiger charge is -2.13. The maximum atomic E-state index is 12.9. The van der Waals surface area contributed by atoms with E-state index >= 15 is 0 Å². The molecule has 0 aliphatic rings. The van der Waals surface area contributed by atoms with Crippen molar-refractivity contribution in [3.63, 3.8) is 0 Å². The Bertz CT molecular complexity index is 1150. The van der Waals surface area contributed by atoms with Crippen LogP contribution in [0.4, 0.5) is 5.69 Å². The number of halogens is 1. The van der Waals surface area contributed by atoms with E-state index in [1.165, 1.54) is 24.6 Å². The van der Waals surface area contributed by atoms with Crippen LogP contribution in [-0.4, -0.2) is 12.5 Å². The Kier molecular flexibility index (Phi) is 9.44. The molecule has 0 heterocycles. The van der Waals surface area contributed by atoms with Crippen molar-refractivity contribution in [3.05, 3.63) is 95.0 Å². The Morgan fingerprint density at radius 2 is 1.88 bits per heavy atom. The van der Waals surface area contributed by atoms with E-state index < -0.39 is 0 Å². The van der Waals surface area contributed by atoms with Gasteiger partial charge in [0.2, 0.25) is 0 Å². The minimum absolute atomic E-state index is 0.251. The van der Waals surface area contributed by atoms with Gasteiger partial charge in [0.15, 0.2) is 0 Å². The fourth-order valence-corrected chi connectivity index (χ4v) is 4.29. The summed E-state index contributed by atoms with van der Waals surface area (Å²) in [6.45, 7) is 2.67. The van der Waals surface area contributed by atoms with Crippen LogP contribution in [0.3, 0.4) is 0 Å². The smallest absolute Gasteiger partial charge is 0.255 e. The Hall–Kier alpha value is -3.20. The molecule has 1 amide bonds. The highest BCUT2D eigenvalue weighted by Crippen LogP contribution is 2.40. The number of allylic oxidation sites excluding steroid dienone is 1. The Morgan fingerprint density at radius 3 is 2.64 bits per heavy atom. The Labute approximate surface area is 204 Å². The first-order chi connectivity index (χ1) is 16.1. The normalized spacial score (nSPS) is 10.7. The highest BCUT2D eigenvalue weighted by Gasteiger charge is 2.14. The first kappa shape index (κ1) is 24.4. The number of hydrogen-bond donors (Lipinski definition) is 1. The minimum Gasteiger partial charge on any atom is -0.490 e. The van der Waals surface area contributed by atoms with Crippen LogP contribution < -0.4 is 10.1 Å². The van der Waals surface area contributed by atoms with Gasteiger partial charge in [-0.2, -0.15) is 5.26 Å². The molecule has 0 spiro atoms. The van der Waals surface area contributed by atoms with Crippen molar-refractivity contribution in [2.75, 3.05) is 11.9 Å².